The predicted molar refractivity (Wildman–Crippen MR) is 54.5 cm³/mol. The van der Waals surface area contributed by atoms with Crippen molar-refractivity contribution < 1.29 is 0 Å². The average molecular weight is 250 g/mol. The van der Waals surface area contributed by atoms with Gasteiger partial charge in [-0.1, -0.05) is 42.0 Å². The van der Waals surface area contributed by atoms with Crippen LogP contribution in [0.15, 0.2) is 12.7 Å². The number of rotatable bonds is 4. The first-order valence-corrected chi connectivity index (χ1v) is 5.30. The lowest BCUT2D eigenvalue weighted by molar-refractivity contribution is 0.638. The minimum Gasteiger partial charge on any atom is -0.103 e. The van der Waals surface area contributed by atoms with Crippen molar-refractivity contribution in [2.24, 2.45) is 11.8 Å². The molecule has 1 aliphatic rings. The summed E-state index contributed by atoms with van der Waals surface area (Å²) in [5.74, 6) is 1.99. The zero-order chi connectivity index (χ0) is 7.56. The summed E-state index contributed by atoms with van der Waals surface area (Å²) in [5.41, 5.74) is 0. The molecule has 0 aliphatic heterocycles. The van der Waals surface area contributed by atoms with Gasteiger partial charge >= 0.3 is 0 Å². The van der Waals surface area contributed by atoms with Crippen molar-refractivity contribution in [3.8, 4) is 0 Å². The molecule has 58 valence electrons. The molecule has 1 fully saturated rings. The third-order valence-corrected chi connectivity index (χ3v) is 4.14. The summed E-state index contributed by atoms with van der Waals surface area (Å²) in [5, 5.41) is 0. The molecule has 0 radical (unpaired) electrons. The molecule has 0 heterocycles. The fourth-order valence-corrected chi connectivity index (χ4v) is 3.08. The van der Waals surface area contributed by atoms with E-state index in [1.807, 2.05) is 0 Å². The second-order valence-corrected chi connectivity index (χ2v) is 4.52. The minimum absolute atomic E-state index is 0.954. The van der Waals surface area contributed by atoms with E-state index in [0.717, 1.165) is 15.8 Å². The van der Waals surface area contributed by atoms with Crippen molar-refractivity contribution in [1.82, 2.24) is 0 Å². The zero-order valence-electron chi connectivity index (χ0n) is 6.52. The van der Waals surface area contributed by atoms with E-state index in [1.165, 1.54) is 19.3 Å². The molecule has 0 amide bonds. The summed E-state index contributed by atoms with van der Waals surface area (Å²) >= 11 is 2.58. The Hall–Kier alpha value is 0.470. The molecule has 0 N–H and O–H groups in total. The maximum Gasteiger partial charge on any atom is 0.0175 e. The van der Waals surface area contributed by atoms with E-state index >= 15 is 0 Å². The van der Waals surface area contributed by atoms with Gasteiger partial charge in [0.05, 0.1) is 0 Å². The fraction of sp³-hybridized carbons (Fsp3) is 0.778. The van der Waals surface area contributed by atoms with Gasteiger partial charge in [-0.3, -0.25) is 0 Å². The molecule has 0 saturated heterocycles. The Morgan fingerprint density at radius 2 is 2.20 bits per heavy atom. The van der Waals surface area contributed by atoms with Crippen molar-refractivity contribution in [2.45, 2.75) is 30.1 Å². The van der Waals surface area contributed by atoms with E-state index in [1.54, 1.807) is 0 Å². The molecule has 3 atom stereocenters. The standard InChI is InChI=1S/C9H15I/c1-3-5-7-8(6-4-2)9(7)10/h3,7-9H,1,4-6H2,2H3/t7?,8-,9-/m1/s1. The van der Waals surface area contributed by atoms with Crippen molar-refractivity contribution >= 4 is 22.6 Å². The van der Waals surface area contributed by atoms with E-state index in [0.29, 0.717) is 0 Å². The maximum atomic E-state index is 3.77. The first-order valence-electron chi connectivity index (χ1n) is 4.06. The highest BCUT2D eigenvalue weighted by atomic mass is 127. The van der Waals surface area contributed by atoms with Crippen LogP contribution in [0.25, 0.3) is 0 Å². The first-order chi connectivity index (χ1) is 4.81. The Bertz CT molecular complexity index is 120. The number of hydrogen-bond donors (Lipinski definition) is 0. The molecule has 0 nitrogen and oxygen atoms in total. The van der Waals surface area contributed by atoms with Crippen LogP contribution >= 0.6 is 22.6 Å². The maximum absolute atomic E-state index is 3.77. The van der Waals surface area contributed by atoms with E-state index < -0.39 is 0 Å². The van der Waals surface area contributed by atoms with Gasteiger partial charge in [-0.15, -0.1) is 6.58 Å². The molecular weight excluding hydrogens is 235 g/mol. The van der Waals surface area contributed by atoms with E-state index in [4.69, 9.17) is 0 Å². The van der Waals surface area contributed by atoms with Gasteiger partial charge in [0.15, 0.2) is 0 Å². The lowest BCUT2D eigenvalue weighted by Crippen LogP contribution is -1.79. The Morgan fingerprint density at radius 3 is 2.70 bits per heavy atom. The monoisotopic (exact) mass is 250 g/mol. The smallest absolute Gasteiger partial charge is 0.0175 e. The number of allylic oxidation sites excluding steroid dienone is 1. The highest BCUT2D eigenvalue weighted by Crippen LogP contribution is 2.50. The summed E-state index contributed by atoms with van der Waals surface area (Å²) in [6.07, 6.45) is 6.06. The third kappa shape index (κ3) is 1.74. The van der Waals surface area contributed by atoms with Crippen LogP contribution in [-0.2, 0) is 0 Å². The van der Waals surface area contributed by atoms with Crippen LogP contribution in [0, 0.1) is 11.8 Å². The zero-order valence-corrected chi connectivity index (χ0v) is 8.67. The Balaban J connectivity index is 2.19. The van der Waals surface area contributed by atoms with Gasteiger partial charge in [0.25, 0.3) is 0 Å². The van der Waals surface area contributed by atoms with Crippen molar-refractivity contribution in [2.75, 3.05) is 0 Å². The molecule has 0 aromatic rings. The van der Waals surface area contributed by atoms with Crippen LogP contribution in [0.2, 0.25) is 0 Å². The minimum atomic E-state index is 0.954. The van der Waals surface area contributed by atoms with Crippen LogP contribution in [0.4, 0.5) is 0 Å². The Labute approximate surface area is 77.2 Å². The Morgan fingerprint density at radius 1 is 1.50 bits per heavy atom. The quantitative estimate of drug-likeness (QED) is 0.407. The van der Waals surface area contributed by atoms with Crippen LogP contribution in [0.3, 0.4) is 0 Å². The van der Waals surface area contributed by atoms with Gasteiger partial charge < -0.3 is 0 Å². The summed E-state index contributed by atoms with van der Waals surface area (Å²) in [7, 11) is 0. The van der Waals surface area contributed by atoms with Crippen LogP contribution in [0.1, 0.15) is 26.2 Å². The van der Waals surface area contributed by atoms with E-state index in [2.05, 4.69) is 42.2 Å². The molecule has 1 heteroatoms. The normalized spacial score (nSPS) is 37.6. The van der Waals surface area contributed by atoms with Crippen molar-refractivity contribution in [3.63, 3.8) is 0 Å². The lowest BCUT2D eigenvalue weighted by Gasteiger charge is -1.90. The molecule has 10 heavy (non-hydrogen) atoms. The number of halogens is 1. The SMILES string of the molecule is C=CCC1[C@@H](I)[C@@H]1CCC. The molecule has 0 bridgehead atoms. The molecule has 0 aromatic heterocycles. The topological polar surface area (TPSA) is 0 Å². The molecule has 1 aliphatic carbocycles. The van der Waals surface area contributed by atoms with Crippen molar-refractivity contribution in [3.05, 3.63) is 12.7 Å². The fourth-order valence-electron chi connectivity index (χ4n) is 1.60. The van der Waals surface area contributed by atoms with Crippen LogP contribution in [0.5, 0.6) is 0 Å². The number of hydrogen-bond acceptors (Lipinski definition) is 0. The molecule has 1 rings (SSSR count). The van der Waals surface area contributed by atoms with Gasteiger partial charge in [0.2, 0.25) is 0 Å². The summed E-state index contributed by atoms with van der Waals surface area (Å²) in [4.78, 5) is 0. The largest absolute Gasteiger partial charge is 0.103 e. The summed E-state index contributed by atoms with van der Waals surface area (Å²) < 4.78 is 0.954. The van der Waals surface area contributed by atoms with Crippen LogP contribution in [-0.4, -0.2) is 3.92 Å². The third-order valence-electron chi connectivity index (χ3n) is 2.29. The molecule has 1 unspecified atom stereocenters. The van der Waals surface area contributed by atoms with Crippen LogP contribution < -0.4 is 0 Å². The van der Waals surface area contributed by atoms with Crippen molar-refractivity contribution in [1.29, 1.82) is 0 Å². The van der Waals surface area contributed by atoms with E-state index in [-0.39, 0.29) is 0 Å². The molecular formula is C9H15I. The molecule has 0 spiro atoms. The second-order valence-electron chi connectivity index (χ2n) is 3.09. The average Bonchev–Trinajstić information content (AvgIpc) is 2.48. The molecule has 1 saturated carbocycles. The van der Waals surface area contributed by atoms with Gasteiger partial charge in [-0.25, -0.2) is 0 Å². The predicted octanol–water partition coefficient (Wildman–Crippen LogP) is 3.41. The second kappa shape index (κ2) is 3.74. The molecule has 0 aromatic carbocycles. The first kappa shape index (κ1) is 8.57. The summed E-state index contributed by atoms with van der Waals surface area (Å²) in [6.45, 7) is 6.04. The Kier molecular flexibility index (Phi) is 3.21. The summed E-state index contributed by atoms with van der Waals surface area (Å²) in [6, 6.07) is 0. The van der Waals surface area contributed by atoms with Gasteiger partial charge in [-0.2, -0.15) is 0 Å². The lowest BCUT2D eigenvalue weighted by atomic mass is 10.2. The van der Waals surface area contributed by atoms with Gasteiger partial charge in [-0.05, 0) is 24.7 Å². The van der Waals surface area contributed by atoms with Gasteiger partial charge in [0, 0.05) is 3.92 Å². The van der Waals surface area contributed by atoms with Gasteiger partial charge in [0.1, 0.15) is 0 Å². The highest BCUT2D eigenvalue weighted by Gasteiger charge is 2.45. The van der Waals surface area contributed by atoms with E-state index in [9.17, 15) is 0 Å². The number of alkyl halides is 1. The highest BCUT2D eigenvalue weighted by molar-refractivity contribution is 14.1.